The molecule has 0 spiro atoms. The van der Waals surface area contributed by atoms with Crippen molar-refractivity contribution in [2.45, 2.75) is 58.4 Å². The van der Waals surface area contributed by atoms with E-state index in [4.69, 9.17) is 9.17 Å². The van der Waals surface area contributed by atoms with E-state index < -0.39 is 10.1 Å². The van der Waals surface area contributed by atoms with Gasteiger partial charge in [0.05, 0.1) is 0 Å². The minimum absolute atomic E-state index is 0.109. The van der Waals surface area contributed by atoms with Crippen LogP contribution < -0.4 is 9.50 Å². The van der Waals surface area contributed by atoms with Crippen LogP contribution in [0, 0.1) is 12.3 Å². The highest BCUT2D eigenvalue weighted by Crippen LogP contribution is 2.39. The van der Waals surface area contributed by atoms with Crippen LogP contribution in [0.25, 0.3) is 16.9 Å². The summed E-state index contributed by atoms with van der Waals surface area (Å²) in [5.41, 5.74) is 2.83. The Morgan fingerprint density at radius 3 is 2.26 bits per heavy atom. The summed E-state index contributed by atoms with van der Waals surface area (Å²) in [6, 6.07) is 19.5. The molecule has 0 amide bonds. The van der Waals surface area contributed by atoms with Gasteiger partial charge in [-0.15, -0.1) is 0 Å². The summed E-state index contributed by atoms with van der Waals surface area (Å²) in [6.45, 7) is 12.9. The number of hydrogen-bond acceptors (Lipinski definition) is 5. The Balaban J connectivity index is 1.81. The fourth-order valence-corrected chi connectivity index (χ4v) is 5.55. The molecule has 0 radical (unpaired) electrons. The largest absolute Gasteiger partial charge is 0.378 e. The molecule has 0 bridgehead atoms. The van der Waals surface area contributed by atoms with E-state index in [-0.39, 0.29) is 21.6 Å². The summed E-state index contributed by atoms with van der Waals surface area (Å²) >= 11 is 0. The number of aryl methyl sites for hydroxylation is 1. The van der Waals surface area contributed by atoms with Gasteiger partial charge in [0.15, 0.2) is 5.75 Å². The van der Waals surface area contributed by atoms with Gasteiger partial charge in [-0.3, -0.25) is 4.40 Å². The Morgan fingerprint density at radius 1 is 0.914 bits per heavy atom. The normalized spacial score (nSPS) is 12.6. The maximum Gasteiger partial charge on any atom is 0.339 e. The van der Waals surface area contributed by atoms with Crippen molar-refractivity contribution in [2.75, 3.05) is 5.32 Å². The number of imidazole rings is 1. The third kappa shape index (κ3) is 5.68. The monoisotopic (exact) mass is 491 g/mol. The molecule has 0 aliphatic heterocycles. The summed E-state index contributed by atoms with van der Waals surface area (Å²) < 4.78 is 33.8. The number of aromatic nitrogens is 2. The van der Waals surface area contributed by atoms with Crippen LogP contribution >= 0.6 is 0 Å². The number of hydrogen-bond donors (Lipinski definition) is 1. The maximum absolute atomic E-state index is 13.1. The molecule has 2 aromatic carbocycles. The quantitative estimate of drug-likeness (QED) is 0.291. The van der Waals surface area contributed by atoms with Crippen molar-refractivity contribution in [1.29, 1.82) is 0 Å². The number of nitrogens with zero attached hydrogens (tertiary/aromatic N) is 2. The second-order valence-corrected chi connectivity index (χ2v) is 12.4. The Bertz CT molecular complexity index is 1450. The van der Waals surface area contributed by atoms with E-state index in [9.17, 15) is 8.42 Å². The Hall–Kier alpha value is -3.32. The average molecular weight is 492 g/mol. The maximum atomic E-state index is 13.1. The van der Waals surface area contributed by atoms with Crippen molar-refractivity contribution in [1.82, 2.24) is 9.38 Å². The van der Waals surface area contributed by atoms with Crippen LogP contribution in [-0.2, 0) is 10.1 Å². The number of pyridine rings is 1. The lowest BCUT2D eigenvalue weighted by molar-refractivity contribution is 0.302. The van der Waals surface area contributed by atoms with Gasteiger partial charge in [-0.2, -0.15) is 8.42 Å². The van der Waals surface area contributed by atoms with E-state index in [0.29, 0.717) is 11.3 Å². The van der Waals surface area contributed by atoms with Gasteiger partial charge in [0.25, 0.3) is 0 Å². The molecule has 0 unspecified atom stereocenters. The van der Waals surface area contributed by atoms with Crippen molar-refractivity contribution < 1.29 is 12.6 Å². The zero-order valence-electron chi connectivity index (χ0n) is 21.2. The second kappa shape index (κ2) is 9.04. The number of anilines is 1. The Kier molecular flexibility index (Phi) is 6.40. The van der Waals surface area contributed by atoms with E-state index in [0.717, 1.165) is 23.4 Å². The fourth-order valence-electron chi connectivity index (χ4n) is 4.60. The van der Waals surface area contributed by atoms with Crippen LogP contribution in [0.1, 0.15) is 46.6 Å². The first-order chi connectivity index (χ1) is 16.3. The van der Waals surface area contributed by atoms with Crippen LogP contribution in [0.15, 0.2) is 77.8 Å². The molecular weight excluding hydrogens is 458 g/mol. The van der Waals surface area contributed by atoms with Gasteiger partial charge >= 0.3 is 10.1 Å². The van der Waals surface area contributed by atoms with Crippen LogP contribution in [0.4, 0.5) is 5.82 Å². The molecule has 4 aromatic rings. The number of para-hydroxylation sites is 1. The molecule has 1 N–H and O–H groups in total. The lowest BCUT2D eigenvalue weighted by Gasteiger charge is -2.34. The molecule has 6 nitrogen and oxygen atoms in total. The summed E-state index contributed by atoms with van der Waals surface area (Å²) in [5.74, 6) is 1.02. The first kappa shape index (κ1) is 24.8. The van der Waals surface area contributed by atoms with Gasteiger partial charge in [0, 0.05) is 17.3 Å². The molecule has 0 atom stereocenters. The highest BCUT2D eigenvalue weighted by atomic mass is 32.2. The standard InChI is InChI=1S/C28H33N3O3S/c1-20-14-16-21(17-15-20)35(32,33)34-23-12-8-7-11-22(23)25-26(30-28(5,6)19-27(2,3)4)31-18-10-9-13-24(31)29-25/h7-18,30H,19H2,1-6H3. The molecule has 35 heavy (non-hydrogen) atoms. The van der Waals surface area contributed by atoms with E-state index in [1.165, 1.54) is 0 Å². The molecule has 184 valence electrons. The van der Waals surface area contributed by atoms with Crippen LogP contribution in [0.2, 0.25) is 0 Å². The lowest BCUT2D eigenvalue weighted by Crippen LogP contribution is -2.36. The van der Waals surface area contributed by atoms with Crippen LogP contribution in [0.3, 0.4) is 0 Å². The molecule has 7 heteroatoms. The average Bonchev–Trinajstić information content (AvgIpc) is 3.10. The van der Waals surface area contributed by atoms with Crippen molar-refractivity contribution in [3.63, 3.8) is 0 Å². The first-order valence-corrected chi connectivity index (χ1v) is 13.1. The summed E-state index contributed by atoms with van der Waals surface area (Å²) in [7, 11) is -4.02. The molecule has 0 fully saturated rings. The van der Waals surface area contributed by atoms with Crippen molar-refractivity contribution in [3.05, 3.63) is 78.5 Å². The third-order valence-corrected chi connectivity index (χ3v) is 6.86. The van der Waals surface area contributed by atoms with Crippen molar-refractivity contribution in [2.24, 2.45) is 5.41 Å². The molecule has 0 aliphatic rings. The van der Waals surface area contributed by atoms with Gasteiger partial charge in [-0.05, 0) is 69.0 Å². The predicted octanol–water partition coefficient (Wildman–Crippen LogP) is 6.70. The van der Waals surface area contributed by atoms with Gasteiger partial charge < -0.3 is 9.50 Å². The van der Waals surface area contributed by atoms with Gasteiger partial charge in [-0.25, -0.2) is 4.98 Å². The number of nitrogens with one attached hydrogen (secondary N) is 1. The summed E-state index contributed by atoms with van der Waals surface area (Å²) in [4.78, 5) is 4.97. The van der Waals surface area contributed by atoms with Crippen LogP contribution in [0.5, 0.6) is 5.75 Å². The smallest absolute Gasteiger partial charge is 0.339 e. The van der Waals surface area contributed by atoms with Gasteiger partial charge in [0.2, 0.25) is 0 Å². The zero-order valence-corrected chi connectivity index (χ0v) is 22.0. The van der Waals surface area contributed by atoms with E-state index >= 15 is 0 Å². The van der Waals surface area contributed by atoms with E-state index in [1.54, 1.807) is 36.4 Å². The Labute approximate surface area is 208 Å². The topological polar surface area (TPSA) is 72.7 Å². The number of rotatable bonds is 7. The molecule has 2 aromatic heterocycles. The van der Waals surface area contributed by atoms with E-state index in [2.05, 4.69) is 39.9 Å². The lowest BCUT2D eigenvalue weighted by atomic mass is 9.82. The predicted molar refractivity (Wildman–Crippen MR) is 141 cm³/mol. The Morgan fingerprint density at radius 2 is 1.57 bits per heavy atom. The minimum Gasteiger partial charge on any atom is -0.378 e. The first-order valence-electron chi connectivity index (χ1n) is 11.7. The highest BCUT2D eigenvalue weighted by molar-refractivity contribution is 7.87. The molecule has 4 rings (SSSR count). The number of fused-ring (bicyclic) bond motifs is 1. The second-order valence-electron chi connectivity index (χ2n) is 10.8. The highest BCUT2D eigenvalue weighted by Gasteiger charge is 2.29. The fraction of sp³-hybridized carbons (Fsp3) is 0.321. The summed E-state index contributed by atoms with van der Waals surface area (Å²) in [6.07, 6.45) is 2.87. The zero-order chi connectivity index (χ0) is 25.4. The minimum atomic E-state index is -4.02. The molecule has 0 saturated heterocycles. The van der Waals surface area contributed by atoms with Gasteiger partial charge in [-0.1, -0.05) is 56.7 Å². The molecule has 0 saturated carbocycles. The van der Waals surface area contributed by atoms with E-state index in [1.807, 2.05) is 47.9 Å². The van der Waals surface area contributed by atoms with Gasteiger partial charge in [0.1, 0.15) is 22.1 Å². The SMILES string of the molecule is Cc1ccc(S(=O)(=O)Oc2ccccc2-c2nc3ccccn3c2NC(C)(C)CC(C)(C)C)cc1. The van der Waals surface area contributed by atoms with Crippen LogP contribution in [-0.4, -0.2) is 23.3 Å². The number of benzene rings is 2. The third-order valence-electron chi connectivity index (χ3n) is 5.61. The van der Waals surface area contributed by atoms with Crippen molar-refractivity contribution >= 4 is 21.6 Å². The molecule has 2 heterocycles. The molecular formula is C28H33N3O3S. The van der Waals surface area contributed by atoms with Crippen molar-refractivity contribution in [3.8, 4) is 17.0 Å². The summed E-state index contributed by atoms with van der Waals surface area (Å²) in [5, 5.41) is 3.69. The molecule has 0 aliphatic carbocycles.